The number of aromatic nitrogens is 2. The summed E-state index contributed by atoms with van der Waals surface area (Å²) < 4.78 is 7.60. The highest BCUT2D eigenvalue weighted by Crippen LogP contribution is 2.19. The number of nitrogens with zero attached hydrogens (tertiary/aromatic N) is 3. The number of ether oxygens (including phenoxy) is 1. The Morgan fingerprint density at radius 1 is 1.11 bits per heavy atom. The van der Waals surface area contributed by atoms with Gasteiger partial charge in [-0.25, -0.2) is 0 Å². The van der Waals surface area contributed by atoms with Crippen LogP contribution in [0.25, 0.3) is 10.9 Å². The van der Waals surface area contributed by atoms with Gasteiger partial charge in [0.1, 0.15) is 5.75 Å². The van der Waals surface area contributed by atoms with Crippen LogP contribution in [0.1, 0.15) is 12.0 Å². The Bertz CT molecular complexity index is 940. The molecule has 0 saturated carbocycles. The zero-order valence-corrected chi connectivity index (χ0v) is 16.6. The van der Waals surface area contributed by atoms with E-state index < -0.39 is 0 Å². The number of fused-ring (bicyclic) bond motifs is 1. The van der Waals surface area contributed by atoms with Crippen molar-refractivity contribution in [2.75, 3.05) is 33.3 Å². The van der Waals surface area contributed by atoms with E-state index in [1.165, 1.54) is 5.56 Å². The minimum atomic E-state index is -0.00275. The molecular formula is C22H28N4O2. The summed E-state index contributed by atoms with van der Waals surface area (Å²) in [6.45, 7) is 4.47. The van der Waals surface area contributed by atoms with Gasteiger partial charge in [-0.1, -0.05) is 0 Å². The van der Waals surface area contributed by atoms with Crippen molar-refractivity contribution in [2.24, 2.45) is 7.05 Å². The van der Waals surface area contributed by atoms with E-state index in [0.717, 1.165) is 49.3 Å². The molecule has 0 aliphatic rings. The van der Waals surface area contributed by atoms with Crippen molar-refractivity contribution in [3.05, 3.63) is 70.8 Å². The van der Waals surface area contributed by atoms with Gasteiger partial charge < -0.3 is 14.6 Å². The molecular weight excluding hydrogens is 352 g/mol. The second-order valence-corrected chi connectivity index (χ2v) is 6.89. The number of benzene rings is 1. The molecule has 3 aromatic rings. The number of nitrogens with one attached hydrogen (secondary N) is 1. The lowest BCUT2D eigenvalue weighted by atomic mass is 10.2. The maximum absolute atomic E-state index is 11.7. The molecule has 0 unspecified atom stereocenters. The molecule has 0 bridgehead atoms. The van der Waals surface area contributed by atoms with Gasteiger partial charge in [-0.15, -0.1) is 0 Å². The van der Waals surface area contributed by atoms with Gasteiger partial charge in [0.05, 0.1) is 12.1 Å². The van der Waals surface area contributed by atoms with Crippen LogP contribution in [0.15, 0.2) is 59.7 Å². The molecule has 0 atom stereocenters. The second kappa shape index (κ2) is 10.0. The fraction of sp³-hybridized carbons (Fsp3) is 0.364. The third kappa shape index (κ3) is 5.41. The normalized spacial score (nSPS) is 11.2. The number of pyridine rings is 2. The lowest BCUT2D eigenvalue weighted by molar-refractivity contribution is 0.229. The molecule has 0 aliphatic heterocycles. The standard InChI is InChI=1S/C22H28N4O2/c1-23-12-14-26(17-18-8-10-24-11-9-18)13-3-15-28-20-5-6-21-19(16-20)4-7-22(27)25(21)2/h4-11,16,23H,3,12-15,17H2,1-2H3. The van der Waals surface area contributed by atoms with Crippen molar-refractivity contribution in [1.29, 1.82) is 0 Å². The average Bonchev–Trinajstić information content (AvgIpc) is 2.72. The minimum absolute atomic E-state index is 0.00275. The lowest BCUT2D eigenvalue weighted by Crippen LogP contribution is -2.32. The van der Waals surface area contributed by atoms with Gasteiger partial charge in [-0.2, -0.15) is 0 Å². The Morgan fingerprint density at radius 2 is 1.93 bits per heavy atom. The molecule has 0 aliphatic carbocycles. The molecule has 28 heavy (non-hydrogen) atoms. The molecule has 0 spiro atoms. The van der Waals surface area contributed by atoms with Crippen molar-refractivity contribution >= 4 is 10.9 Å². The highest BCUT2D eigenvalue weighted by molar-refractivity contribution is 5.80. The van der Waals surface area contributed by atoms with E-state index >= 15 is 0 Å². The van der Waals surface area contributed by atoms with Crippen LogP contribution in [0.3, 0.4) is 0 Å². The van der Waals surface area contributed by atoms with Crippen molar-refractivity contribution in [3.63, 3.8) is 0 Å². The first-order valence-electron chi connectivity index (χ1n) is 9.66. The van der Waals surface area contributed by atoms with E-state index in [0.29, 0.717) is 6.61 Å². The van der Waals surface area contributed by atoms with Crippen LogP contribution in [0, 0.1) is 0 Å². The Labute approximate surface area is 165 Å². The first-order valence-corrected chi connectivity index (χ1v) is 9.66. The third-order valence-electron chi connectivity index (χ3n) is 4.82. The molecule has 0 fully saturated rings. The number of aryl methyl sites for hydroxylation is 1. The maximum atomic E-state index is 11.7. The van der Waals surface area contributed by atoms with Crippen LogP contribution in [0.5, 0.6) is 5.75 Å². The number of hydrogen-bond acceptors (Lipinski definition) is 5. The molecule has 0 radical (unpaired) electrons. The molecule has 0 amide bonds. The summed E-state index contributed by atoms with van der Waals surface area (Å²) in [5, 5.41) is 4.22. The molecule has 6 nitrogen and oxygen atoms in total. The molecule has 1 N–H and O–H groups in total. The number of hydrogen-bond donors (Lipinski definition) is 1. The maximum Gasteiger partial charge on any atom is 0.250 e. The van der Waals surface area contributed by atoms with E-state index in [2.05, 4.69) is 27.3 Å². The fourth-order valence-corrected chi connectivity index (χ4v) is 3.22. The quantitative estimate of drug-likeness (QED) is 0.548. The topological polar surface area (TPSA) is 59.4 Å². The van der Waals surface area contributed by atoms with Crippen molar-refractivity contribution < 1.29 is 4.74 Å². The molecule has 2 aromatic heterocycles. The van der Waals surface area contributed by atoms with Gasteiger partial charge in [0.15, 0.2) is 0 Å². The summed E-state index contributed by atoms with van der Waals surface area (Å²) >= 11 is 0. The van der Waals surface area contributed by atoms with Crippen LogP contribution >= 0.6 is 0 Å². The zero-order chi connectivity index (χ0) is 19.8. The summed E-state index contributed by atoms with van der Waals surface area (Å²) in [6, 6.07) is 13.4. The summed E-state index contributed by atoms with van der Waals surface area (Å²) in [7, 11) is 3.76. The van der Waals surface area contributed by atoms with Crippen LogP contribution in [0.2, 0.25) is 0 Å². The van der Waals surface area contributed by atoms with Crippen LogP contribution in [-0.4, -0.2) is 47.7 Å². The van der Waals surface area contributed by atoms with E-state index in [1.54, 1.807) is 17.7 Å². The van der Waals surface area contributed by atoms with Crippen LogP contribution in [-0.2, 0) is 13.6 Å². The largest absolute Gasteiger partial charge is 0.494 e. The summed E-state index contributed by atoms with van der Waals surface area (Å²) in [6.07, 6.45) is 4.62. The lowest BCUT2D eigenvalue weighted by Gasteiger charge is -2.22. The molecule has 1 aromatic carbocycles. The number of likely N-dealkylation sites (N-methyl/N-ethyl adjacent to an activating group) is 1. The Hall–Kier alpha value is -2.70. The summed E-state index contributed by atoms with van der Waals surface area (Å²) in [5.74, 6) is 0.835. The van der Waals surface area contributed by atoms with Crippen molar-refractivity contribution in [2.45, 2.75) is 13.0 Å². The van der Waals surface area contributed by atoms with Crippen LogP contribution < -0.4 is 15.6 Å². The van der Waals surface area contributed by atoms with Gasteiger partial charge in [0.2, 0.25) is 0 Å². The number of rotatable bonds is 10. The predicted octanol–water partition coefficient (Wildman–Crippen LogP) is 2.42. The van der Waals surface area contributed by atoms with Crippen molar-refractivity contribution in [1.82, 2.24) is 19.8 Å². The Morgan fingerprint density at radius 3 is 2.71 bits per heavy atom. The first kappa shape index (κ1) is 20.0. The predicted molar refractivity (Wildman–Crippen MR) is 113 cm³/mol. The van der Waals surface area contributed by atoms with E-state index in [9.17, 15) is 4.79 Å². The highest BCUT2D eigenvalue weighted by Gasteiger charge is 2.06. The monoisotopic (exact) mass is 380 g/mol. The first-order chi connectivity index (χ1) is 13.7. The Kier molecular flexibility index (Phi) is 7.17. The molecule has 148 valence electrons. The van der Waals surface area contributed by atoms with Crippen molar-refractivity contribution in [3.8, 4) is 5.75 Å². The SMILES string of the molecule is CNCCN(CCCOc1ccc2c(ccc(=O)n2C)c1)Cc1ccncc1. The smallest absolute Gasteiger partial charge is 0.250 e. The van der Waals surface area contributed by atoms with Gasteiger partial charge in [0.25, 0.3) is 5.56 Å². The zero-order valence-electron chi connectivity index (χ0n) is 16.6. The second-order valence-electron chi connectivity index (χ2n) is 6.89. The van der Waals surface area contributed by atoms with E-state index in [1.807, 2.05) is 43.7 Å². The van der Waals surface area contributed by atoms with E-state index in [-0.39, 0.29) is 5.56 Å². The Balaban J connectivity index is 1.53. The minimum Gasteiger partial charge on any atom is -0.494 e. The third-order valence-corrected chi connectivity index (χ3v) is 4.82. The molecule has 6 heteroatoms. The van der Waals surface area contributed by atoms with Crippen LogP contribution in [0.4, 0.5) is 0 Å². The van der Waals surface area contributed by atoms with Gasteiger partial charge >= 0.3 is 0 Å². The molecule has 0 saturated heterocycles. The average molecular weight is 380 g/mol. The molecule has 2 heterocycles. The van der Waals surface area contributed by atoms with Gasteiger partial charge in [0, 0.05) is 57.1 Å². The van der Waals surface area contributed by atoms with E-state index in [4.69, 9.17) is 4.74 Å². The van der Waals surface area contributed by atoms with Gasteiger partial charge in [-0.05, 0) is 55.4 Å². The summed E-state index contributed by atoms with van der Waals surface area (Å²) in [5.41, 5.74) is 2.18. The highest BCUT2D eigenvalue weighted by atomic mass is 16.5. The molecule has 3 rings (SSSR count). The van der Waals surface area contributed by atoms with Gasteiger partial charge in [-0.3, -0.25) is 14.7 Å². The summed E-state index contributed by atoms with van der Waals surface area (Å²) in [4.78, 5) is 18.2. The fourth-order valence-electron chi connectivity index (χ4n) is 3.22.